The molecular weight excluding hydrogens is 578 g/mol. The second-order valence-electron chi connectivity index (χ2n) is 14.1. The molecule has 9 nitrogen and oxygen atoms in total. The summed E-state index contributed by atoms with van der Waals surface area (Å²) >= 11 is 0. The number of amides is 2. The molecule has 0 aromatic heterocycles. The van der Waals surface area contributed by atoms with Gasteiger partial charge in [-0.25, -0.2) is 8.42 Å². The van der Waals surface area contributed by atoms with Crippen molar-refractivity contribution in [2.24, 2.45) is 23.7 Å². The first-order chi connectivity index (χ1) is 20.8. The molecule has 1 aromatic carbocycles. The molecule has 44 heavy (non-hydrogen) atoms. The van der Waals surface area contributed by atoms with Crippen LogP contribution < -0.4 is 10.6 Å². The Kier molecular flexibility index (Phi) is 14.6. The summed E-state index contributed by atoms with van der Waals surface area (Å²) in [5, 5.41) is 28.0. The fraction of sp³-hybridized carbons (Fsp3) is 0.765. The summed E-state index contributed by atoms with van der Waals surface area (Å²) in [6.07, 6.45) is 7.08. The molecule has 0 spiro atoms. The Balaban J connectivity index is 1.78. The summed E-state index contributed by atoms with van der Waals surface area (Å²) in [6, 6.07) is 7.87. The molecule has 10 heteroatoms. The third-order valence-corrected chi connectivity index (χ3v) is 10.8. The lowest BCUT2D eigenvalue weighted by atomic mass is 9.82. The second kappa shape index (κ2) is 17.6. The quantitative estimate of drug-likeness (QED) is 0.183. The van der Waals surface area contributed by atoms with Gasteiger partial charge in [0.05, 0.1) is 29.6 Å². The van der Waals surface area contributed by atoms with Crippen LogP contribution >= 0.6 is 0 Å². The van der Waals surface area contributed by atoms with Gasteiger partial charge in [0.15, 0.2) is 9.84 Å². The highest BCUT2D eigenvalue weighted by molar-refractivity contribution is 7.91. The van der Waals surface area contributed by atoms with Gasteiger partial charge >= 0.3 is 0 Å². The normalized spacial score (nSPS) is 19.7. The molecular formula is C34H57N3O6S. The van der Waals surface area contributed by atoms with Gasteiger partial charge in [0, 0.05) is 6.54 Å². The average molecular weight is 636 g/mol. The van der Waals surface area contributed by atoms with Gasteiger partial charge in [0.25, 0.3) is 0 Å². The van der Waals surface area contributed by atoms with E-state index in [1.807, 2.05) is 58.3 Å². The van der Waals surface area contributed by atoms with Crippen molar-refractivity contribution in [2.45, 2.75) is 109 Å². The summed E-state index contributed by atoms with van der Waals surface area (Å²) in [7, 11) is 0.0833. The monoisotopic (exact) mass is 635 g/mol. The fourth-order valence-electron chi connectivity index (χ4n) is 6.28. The highest BCUT2D eigenvalue weighted by atomic mass is 32.2. The summed E-state index contributed by atoms with van der Waals surface area (Å²) in [6.45, 7) is 4.33. The molecule has 2 fully saturated rings. The van der Waals surface area contributed by atoms with Crippen LogP contribution in [0, 0.1) is 23.7 Å². The Morgan fingerprint density at radius 2 is 1.55 bits per heavy atom. The molecule has 1 aromatic rings. The first-order valence-corrected chi connectivity index (χ1v) is 18.5. The van der Waals surface area contributed by atoms with Crippen LogP contribution in [0.4, 0.5) is 0 Å². The van der Waals surface area contributed by atoms with Crippen molar-refractivity contribution in [3.63, 3.8) is 0 Å². The number of sulfone groups is 1. The summed E-state index contributed by atoms with van der Waals surface area (Å²) in [4.78, 5) is 29.4. The molecule has 2 amide bonds. The summed E-state index contributed by atoms with van der Waals surface area (Å²) in [5.74, 6) is -1.18. The van der Waals surface area contributed by atoms with Gasteiger partial charge in [-0.05, 0) is 63.1 Å². The van der Waals surface area contributed by atoms with Crippen LogP contribution in [-0.4, -0.2) is 91.8 Å². The number of hydrogen-bond donors (Lipinski definition) is 4. The van der Waals surface area contributed by atoms with Gasteiger partial charge in [-0.2, -0.15) is 0 Å². The van der Waals surface area contributed by atoms with Crippen molar-refractivity contribution in [3.05, 3.63) is 35.9 Å². The molecule has 3 rings (SSSR count). The van der Waals surface area contributed by atoms with Gasteiger partial charge in [-0.1, -0.05) is 89.1 Å². The Morgan fingerprint density at radius 1 is 0.909 bits per heavy atom. The van der Waals surface area contributed by atoms with Crippen LogP contribution in [-0.2, 0) is 25.8 Å². The van der Waals surface area contributed by atoms with E-state index >= 15 is 0 Å². The lowest BCUT2D eigenvalue weighted by Gasteiger charge is -2.34. The molecule has 0 bridgehead atoms. The number of hydrogen-bond acceptors (Lipinski definition) is 7. The minimum absolute atomic E-state index is 0.0516. The molecule has 250 valence electrons. The van der Waals surface area contributed by atoms with E-state index in [1.165, 1.54) is 6.42 Å². The van der Waals surface area contributed by atoms with Crippen molar-refractivity contribution in [1.82, 2.24) is 15.5 Å². The zero-order valence-electron chi connectivity index (χ0n) is 27.3. The van der Waals surface area contributed by atoms with Crippen LogP contribution in [0.2, 0.25) is 0 Å². The van der Waals surface area contributed by atoms with Crippen molar-refractivity contribution in [1.29, 1.82) is 0 Å². The Labute approximate surface area is 265 Å². The van der Waals surface area contributed by atoms with Crippen molar-refractivity contribution in [2.75, 3.05) is 32.1 Å². The van der Waals surface area contributed by atoms with Gasteiger partial charge in [0.2, 0.25) is 11.8 Å². The Morgan fingerprint density at radius 3 is 2.14 bits per heavy atom. The van der Waals surface area contributed by atoms with Gasteiger partial charge in [0.1, 0.15) is 12.1 Å². The zero-order valence-corrected chi connectivity index (χ0v) is 28.1. The van der Waals surface area contributed by atoms with Crippen LogP contribution in [0.15, 0.2) is 30.3 Å². The van der Waals surface area contributed by atoms with Gasteiger partial charge in [-0.3, -0.25) is 9.59 Å². The number of carbonyl (C=O) groups excluding carboxylic acids is 2. The number of rotatable bonds is 19. The summed E-state index contributed by atoms with van der Waals surface area (Å²) in [5.41, 5.74) is 0.855. The van der Waals surface area contributed by atoms with E-state index in [2.05, 4.69) is 10.6 Å². The molecule has 2 saturated carbocycles. The molecule has 2 aliphatic rings. The third kappa shape index (κ3) is 13.2. The van der Waals surface area contributed by atoms with Crippen LogP contribution in [0.25, 0.3) is 0 Å². The van der Waals surface area contributed by atoms with Crippen LogP contribution in [0.1, 0.15) is 83.6 Å². The molecule has 5 atom stereocenters. The lowest BCUT2D eigenvalue weighted by Crippen LogP contribution is -2.56. The SMILES string of the molecule is CC(C)C[C@H](O)[C@H](O)[C@H](CC1CCCCC1)NC(=O)[C@@H](CC1CC1)NC(=O)C(Cc1ccccc1)CS(=O)(=O)CCN(C)C. The van der Waals surface area contributed by atoms with Gasteiger partial charge < -0.3 is 25.7 Å². The van der Waals surface area contributed by atoms with Crippen molar-refractivity contribution < 1.29 is 28.2 Å². The van der Waals surface area contributed by atoms with Crippen molar-refractivity contribution in [3.8, 4) is 0 Å². The summed E-state index contributed by atoms with van der Waals surface area (Å²) < 4.78 is 26.1. The zero-order chi connectivity index (χ0) is 32.3. The molecule has 0 aliphatic heterocycles. The maximum Gasteiger partial charge on any atom is 0.242 e. The van der Waals surface area contributed by atoms with Crippen molar-refractivity contribution >= 4 is 21.7 Å². The highest BCUT2D eigenvalue weighted by Gasteiger charge is 2.37. The van der Waals surface area contributed by atoms with E-state index < -0.39 is 46.0 Å². The van der Waals surface area contributed by atoms with Crippen LogP contribution in [0.3, 0.4) is 0 Å². The maximum atomic E-state index is 13.8. The van der Waals surface area contributed by atoms with E-state index in [0.29, 0.717) is 37.6 Å². The molecule has 0 heterocycles. The van der Waals surface area contributed by atoms with Gasteiger partial charge in [-0.15, -0.1) is 0 Å². The predicted molar refractivity (Wildman–Crippen MR) is 175 cm³/mol. The second-order valence-corrected chi connectivity index (χ2v) is 16.3. The topological polar surface area (TPSA) is 136 Å². The third-order valence-electron chi connectivity index (χ3n) is 9.06. The smallest absolute Gasteiger partial charge is 0.242 e. The largest absolute Gasteiger partial charge is 0.390 e. The van der Waals surface area contributed by atoms with E-state index in [0.717, 1.165) is 44.1 Å². The highest BCUT2D eigenvalue weighted by Crippen LogP contribution is 2.34. The molecule has 1 unspecified atom stereocenters. The lowest BCUT2D eigenvalue weighted by molar-refractivity contribution is -0.132. The number of carbonyl (C=O) groups is 2. The molecule has 0 saturated heterocycles. The first kappa shape index (κ1) is 36.5. The van der Waals surface area contributed by atoms with E-state index in [4.69, 9.17) is 0 Å². The van der Waals surface area contributed by atoms with E-state index in [-0.39, 0.29) is 29.8 Å². The minimum Gasteiger partial charge on any atom is -0.390 e. The molecule has 4 N–H and O–H groups in total. The minimum atomic E-state index is -3.54. The molecule has 0 radical (unpaired) electrons. The Hall–Kier alpha value is -2.01. The Bertz CT molecular complexity index is 1120. The number of aliphatic hydroxyl groups excluding tert-OH is 2. The number of benzene rings is 1. The number of aliphatic hydroxyl groups is 2. The van der Waals surface area contributed by atoms with E-state index in [1.54, 1.807) is 4.90 Å². The fourth-order valence-corrected chi connectivity index (χ4v) is 7.98. The number of nitrogens with one attached hydrogen (secondary N) is 2. The standard InChI is InChI=1S/C34H57N3O6S/c1-24(2)19-31(38)32(39)29(21-26-13-9-6-10-14-26)35-34(41)30(22-27-15-16-27)36-33(40)28(20-25-11-7-5-8-12-25)23-44(42,43)18-17-37(3)4/h5,7-8,11-12,24,26-32,38-39H,6,9-10,13-23H2,1-4H3,(H,35,41)(H,36,40)/t28?,29-,30+,31-,32+/m0/s1. The molecule has 2 aliphatic carbocycles. The van der Waals surface area contributed by atoms with Crippen LogP contribution in [0.5, 0.6) is 0 Å². The predicted octanol–water partition coefficient (Wildman–Crippen LogP) is 3.33. The number of nitrogens with zero attached hydrogens (tertiary/aromatic N) is 1. The van der Waals surface area contributed by atoms with E-state index in [9.17, 15) is 28.2 Å². The average Bonchev–Trinajstić information content (AvgIpc) is 3.79. The maximum absolute atomic E-state index is 13.8. The first-order valence-electron chi connectivity index (χ1n) is 16.7.